The molecule has 5 atom stereocenters. The molecule has 1 saturated carbocycles. The summed E-state index contributed by atoms with van der Waals surface area (Å²) in [4.78, 5) is 11.9. The lowest BCUT2D eigenvalue weighted by molar-refractivity contribution is -0.137. The summed E-state index contributed by atoms with van der Waals surface area (Å²) in [6, 6.07) is 8.68. The Morgan fingerprint density at radius 3 is 2.73 bits per heavy atom. The molecule has 5 heteroatoms. The van der Waals surface area contributed by atoms with Crippen LogP contribution < -0.4 is 9.46 Å². The summed E-state index contributed by atoms with van der Waals surface area (Å²) in [5, 5.41) is 8.80. The van der Waals surface area contributed by atoms with Crippen molar-refractivity contribution in [2.75, 3.05) is 7.11 Å². The minimum atomic E-state index is -0.708. The highest BCUT2D eigenvalue weighted by Crippen LogP contribution is 2.47. The molecule has 0 amide bonds. The standard InChI is InChI=1S/C25H35NO3S/c1-17-14-19-15-23(18(17)2)22(8-6-4-5-7-9-25(27)28)24(16-19)26-30-21-12-10-20(29-3)11-13-21/h4,6,10-14,18-19,22-24,26H,5,7-9,15-16H2,1-3H3,(H,27,28)/b6-4-/t18?,19-,22+,23-,24+/m1/s1. The van der Waals surface area contributed by atoms with Crippen LogP contribution in [0.25, 0.3) is 0 Å². The highest BCUT2D eigenvalue weighted by atomic mass is 32.2. The summed E-state index contributed by atoms with van der Waals surface area (Å²) in [5.74, 6) is 2.78. The van der Waals surface area contributed by atoms with Gasteiger partial charge in [-0.15, -0.1) is 0 Å². The Hall–Kier alpha value is -1.72. The zero-order valence-electron chi connectivity index (χ0n) is 18.3. The first kappa shape index (κ1) is 23.0. The summed E-state index contributed by atoms with van der Waals surface area (Å²) in [7, 11) is 1.69. The number of rotatable bonds is 10. The number of hydrogen-bond donors (Lipinski definition) is 2. The fourth-order valence-electron chi connectivity index (χ4n) is 5.00. The van der Waals surface area contributed by atoms with Gasteiger partial charge in [0.15, 0.2) is 0 Å². The molecule has 2 bridgehead atoms. The molecule has 3 rings (SSSR count). The molecule has 164 valence electrons. The number of methoxy groups -OCH3 is 1. The maximum absolute atomic E-state index is 10.7. The number of fused-ring (bicyclic) bond motifs is 2. The Balaban J connectivity index is 1.63. The molecular weight excluding hydrogens is 394 g/mol. The quantitative estimate of drug-likeness (QED) is 0.267. The average molecular weight is 430 g/mol. The van der Waals surface area contributed by atoms with E-state index in [1.807, 2.05) is 12.1 Å². The van der Waals surface area contributed by atoms with Crippen molar-refractivity contribution in [2.24, 2.45) is 23.7 Å². The van der Waals surface area contributed by atoms with E-state index in [1.165, 1.54) is 17.7 Å². The van der Waals surface area contributed by atoms with E-state index >= 15 is 0 Å². The first-order valence-corrected chi connectivity index (χ1v) is 11.9. The number of ether oxygens (including phenoxy) is 1. The number of carboxylic acid groups (broad SMARTS) is 1. The van der Waals surface area contributed by atoms with Crippen LogP contribution in [0, 0.1) is 23.7 Å². The summed E-state index contributed by atoms with van der Waals surface area (Å²) in [6.07, 6.45) is 12.3. The van der Waals surface area contributed by atoms with E-state index in [2.05, 4.69) is 48.9 Å². The molecule has 1 aromatic carbocycles. The highest BCUT2D eigenvalue weighted by Gasteiger charge is 2.41. The van der Waals surface area contributed by atoms with Gasteiger partial charge < -0.3 is 9.84 Å². The van der Waals surface area contributed by atoms with E-state index in [0.717, 1.165) is 25.0 Å². The largest absolute Gasteiger partial charge is 0.497 e. The number of carbonyl (C=O) groups is 1. The smallest absolute Gasteiger partial charge is 0.303 e. The van der Waals surface area contributed by atoms with Gasteiger partial charge in [0.05, 0.1) is 7.11 Å². The zero-order valence-corrected chi connectivity index (χ0v) is 19.2. The van der Waals surface area contributed by atoms with Crippen LogP contribution in [0.3, 0.4) is 0 Å². The van der Waals surface area contributed by atoms with Gasteiger partial charge >= 0.3 is 5.97 Å². The van der Waals surface area contributed by atoms with E-state index in [9.17, 15) is 4.79 Å². The number of nitrogens with one attached hydrogen (secondary N) is 1. The predicted molar refractivity (Wildman–Crippen MR) is 124 cm³/mol. The van der Waals surface area contributed by atoms with Crippen LogP contribution in [0.1, 0.15) is 52.4 Å². The average Bonchev–Trinajstić information content (AvgIpc) is 2.74. The van der Waals surface area contributed by atoms with Gasteiger partial charge in [0.1, 0.15) is 5.75 Å². The van der Waals surface area contributed by atoms with Gasteiger partial charge in [-0.1, -0.05) is 30.7 Å². The number of aliphatic carboxylic acids is 1. The minimum Gasteiger partial charge on any atom is -0.497 e. The van der Waals surface area contributed by atoms with E-state index in [4.69, 9.17) is 9.84 Å². The van der Waals surface area contributed by atoms with Gasteiger partial charge in [0.25, 0.3) is 0 Å². The lowest BCUT2D eigenvalue weighted by Crippen LogP contribution is -2.46. The van der Waals surface area contributed by atoms with Gasteiger partial charge in [-0.2, -0.15) is 0 Å². The maximum Gasteiger partial charge on any atom is 0.303 e. The van der Waals surface area contributed by atoms with Gasteiger partial charge in [-0.05, 0) is 98.9 Å². The monoisotopic (exact) mass is 429 g/mol. The van der Waals surface area contributed by atoms with E-state index in [-0.39, 0.29) is 6.42 Å². The van der Waals surface area contributed by atoms with Gasteiger partial charge in [-0.25, -0.2) is 0 Å². The summed E-state index contributed by atoms with van der Waals surface area (Å²) in [5.41, 5.74) is 1.55. The second-order valence-corrected chi connectivity index (χ2v) is 9.66. The van der Waals surface area contributed by atoms with Crippen LogP contribution >= 0.6 is 11.9 Å². The first-order chi connectivity index (χ1) is 14.5. The van der Waals surface area contributed by atoms with E-state index in [0.29, 0.717) is 29.7 Å². The van der Waals surface area contributed by atoms with Crippen molar-refractivity contribution in [3.8, 4) is 5.75 Å². The van der Waals surface area contributed by atoms with Crippen LogP contribution in [0.4, 0.5) is 0 Å². The Bertz CT molecular complexity index is 758. The van der Waals surface area contributed by atoms with Crippen LogP contribution in [0.15, 0.2) is 53.0 Å². The Morgan fingerprint density at radius 2 is 2.03 bits per heavy atom. The van der Waals surface area contributed by atoms with E-state index in [1.54, 1.807) is 24.6 Å². The molecule has 0 aromatic heterocycles. The Labute approximate surface area is 185 Å². The van der Waals surface area contributed by atoms with Crippen LogP contribution in [0.2, 0.25) is 0 Å². The van der Waals surface area contributed by atoms with Crippen molar-refractivity contribution in [2.45, 2.75) is 63.3 Å². The molecule has 4 nitrogen and oxygen atoms in total. The van der Waals surface area contributed by atoms with Crippen molar-refractivity contribution in [1.82, 2.24) is 4.72 Å². The van der Waals surface area contributed by atoms with E-state index < -0.39 is 5.97 Å². The molecule has 2 N–H and O–H groups in total. The zero-order chi connectivity index (χ0) is 21.5. The van der Waals surface area contributed by atoms with Crippen LogP contribution in [-0.2, 0) is 4.79 Å². The molecule has 2 aliphatic rings. The summed E-state index contributed by atoms with van der Waals surface area (Å²) < 4.78 is 9.05. The van der Waals surface area contributed by atoms with Crippen molar-refractivity contribution >= 4 is 17.9 Å². The first-order valence-electron chi connectivity index (χ1n) is 11.1. The predicted octanol–water partition coefficient (Wildman–Crippen LogP) is 6.10. The molecule has 1 aromatic rings. The number of allylic oxidation sites excluding steroid dienone is 4. The van der Waals surface area contributed by atoms with Crippen molar-refractivity contribution < 1.29 is 14.6 Å². The Kier molecular flexibility index (Phi) is 8.46. The van der Waals surface area contributed by atoms with Crippen molar-refractivity contribution in [3.63, 3.8) is 0 Å². The molecular formula is C25H35NO3S. The summed E-state index contributed by atoms with van der Waals surface area (Å²) >= 11 is 1.73. The number of benzene rings is 1. The molecule has 0 aliphatic heterocycles. The normalized spacial score (nSPS) is 28.4. The molecule has 0 heterocycles. The third-order valence-corrected chi connectivity index (χ3v) is 7.71. The van der Waals surface area contributed by atoms with Crippen molar-refractivity contribution in [1.29, 1.82) is 0 Å². The van der Waals surface area contributed by atoms with Crippen LogP contribution in [0.5, 0.6) is 5.75 Å². The molecule has 1 fully saturated rings. The van der Waals surface area contributed by atoms with Gasteiger partial charge in [0.2, 0.25) is 0 Å². The molecule has 0 radical (unpaired) electrons. The lowest BCUT2D eigenvalue weighted by Gasteiger charge is -2.47. The Morgan fingerprint density at radius 1 is 1.27 bits per heavy atom. The minimum absolute atomic E-state index is 0.252. The fraction of sp³-hybridized carbons (Fsp3) is 0.560. The molecule has 0 spiro atoms. The molecule has 1 unspecified atom stereocenters. The third-order valence-electron chi connectivity index (χ3n) is 6.78. The van der Waals surface area contributed by atoms with Crippen molar-refractivity contribution in [3.05, 3.63) is 48.1 Å². The topological polar surface area (TPSA) is 58.6 Å². The second kappa shape index (κ2) is 11.1. The number of hydrogen-bond acceptors (Lipinski definition) is 4. The number of unbranched alkanes of at least 4 members (excludes halogenated alkanes) is 1. The maximum atomic E-state index is 10.7. The molecule has 0 saturated heterocycles. The highest BCUT2D eigenvalue weighted by molar-refractivity contribution is 7.97. The number of carboxylic acids is 1. The lowest BCUT2D eigenvalue weighted by atomic mass is 9.61. The summed E-state index contributed by atoms with van der Waals surface area (Å²) in [6.45, 7) is 4.68. The second-order valence-electron chi connectivity index (χ2n) is 8.75. The SMILES string of the molecule is COc1ccc(SN[C@H]2C[C@@H]3C=C(C)C(C)[C@@H](C3)[C@@H]2C/C=C\CCCC(=O)O)cc1. The fourth-order valence-corrected chi connectivity index (χ4v) is 5.83. The van der Waals surface area contributed by atoms with Gasteiger partial charge in [-0.3, -0.25) is 9.52 Å². The third kappa shape index (κ3) is 6.14. The van der Waals surface area contributed by atoms with Gasteiger partial charge in [0, 0.05) is 17.4 Å². The molecule has 2 aliphatic carbocycles. The molecule has 30 heavy (non-hydrogen) atoms. The van der Waals surface area contributed by atoms with Crippen LogP contribution in [-0.4, -0.2) is 24.2 Å².